The summed E-state index contributed by atoms with van der Waals surface area (Å²) in [5.74, 6) is 1.08. The zero-order valence-corrected chi connectivity index (χ0v) is 16.2. The second-order valence-electron chi connectivity index (χ2n) is 8.29. The molecule has 2 bridgehead atoms. The number of ether oxygens (including phenoxy) is 2. The second-order valence-corrected chi connectivity index (χ2v) is 8.29. The van der Waals surface area contributed by atoms with Crippen molar-refractivity contribution in [3.05, 3.63) is 83.9 Å². The summed E-state index contributed by atoms with van der Waals surface area (Å²) < 4.78 is 12.6. The van der Waals surface area contributed by atoms with Gasteiger partial charge < -0.3 is 9.47 Å². The van der Waals surface area contributed by atoms with Gasteiger partial charge in [0.15, 0.2) is 0 Å². The molecule has 2 aromatic rings. The van der Waals surface area contributed by atoms with E-state index in [1.807, 2.05) is 0 Å². The molecule has 0 unspecified atom stereocenters. The Morgan fingerprint density at radius 3 is 2.30 bits per heavy atom. The van der Waals surface area contributed by atoms with Gasteiger partial charge in [0.25, 0.3) is 0 Å². The molecule has 0 aromatic heterocycles. The van der Waals surface area contributed by atoms with Crippen LogP contribution in [0, 0.1) is 17.3 Å². The third-order valence-electron chi connectivity index (χ3n) is 6.43. The van der Waals surface area contributed by atoms with Crippen LogP contribution in [-0.4, -0.2) is 12.7 Å². The smallest absolute Gasteiger partial charge is 0.0720 e. The van der Waals surface area contributed by atoms with Crippen LogP contribution < -0.4 is 0 Å². The number of rotatable bonds is 7. The first-order valence-electron chi connectivity index (χ1n) is 10.2. The molecular formula is C25H30O2. The van der Waals surface area contributed by atoms with E-state index in [4.69, 9.17) is 9.47 Å². The molecule has 0 amide bonds. The van der Waals surface area contributed by atoms with Crippen molar-refractivity contribution < 1.29 is 9.47 Å². The first-order valence-corrected chi connectivity index (χ1v) is 10.2. The zero-order valence-electron chi connectivity index (χ0n) is 16.2. The molecular weight excluding hydrogens is 332 g/mol. The van der Waals surface area contributed by atoms with Crippen molar-refractivity contribution in [1.29, 1.82) is 0 Å². The van der Waals surface area contributed by atoms with E-state index in [1.54, 1.807) is 0 Å². The van der Waals surface area contributed by atoms with Crippen molar-refractivity contribution >= 4 is 0 Å². The minimum absolute atomic E-state index is 0.242. The number of benzene rings is 2. The lowest BCUT2D eigenvalue weighted by atomic mass is 9.58. The molecule has 2 nitrogen and oxygen atoms in total. The average Bonchev–Trinajstić information content (AvgIpc) is 2.70. The standard InChI is InChI=1S/C25H30O2/c1-25-15-8-13-22(23(25)19-26-17-20-9-4-2-5-10-20)24(14-16-25)27-18-21-11-6-3-7-12-21/h2-12,15,22-24H,13-14,16-19H2,1H3/t22-,23-,24+,25-/m1/s1. The van der Waals surface area contributed by atoms with Gasteiger partial charge in [0.1, 0.15) is 0 Å². The van der Waals surface area contributed by atoms with Crippen LogP contribution in [-0.2, 0) is 22.7 Å². The van der Waals surface area contributed by atoms with Crippen LogP contribution in [0.5, 0.6) is 0 Å². The first-order chi connectivity index (χ1) is 13.2. The number of hydrogen-bond acceptors (Lipinski definition) is 2. The lowest BCUT2D eigenvalue weighted by molar-refractivity contribution is -0.101. The average molecular weight is 363 g/mol. The van der Waals surface area contributed by atoms with Gasteiger partial charge in [-0.05, 0) is 47.6 Å². The number of fused-ring (bicyclic) bond motifs is 2. The van der Waals surface area contributed by atoms with Gasteiger partial charge in [0.05, 0.1) is 25.9 Å². The molecule has 27 heavy (non-hydrogen) atoms. The Hall–Kier alpha value is -1.90. The molecule has 0 heterocycles. The number of allylic oxidation sites excluding steroid dienone is 2. The minimum atomic E-state index is 0.242. The fraction of sp³-hybridized carbons (Fsp3) is 0.440. The van der Waals surface area contributed by atoms with E-state index in [-0.39, 0.29) is 5.41 Å². The highest BCUT2D eigenvalue weighted by molar-refractivity contribution is 5.16. The van der Waals surface area contributed by atoms with Crippen LogP contribution in [0.3, 0.4) is 0 Å². The van der Waals surface area contributed by atoms with E-state index in [0.717, 1.165) is 19.4 Å². The Bertz CT molecular complexity index is 739. The lowest BCUT2D eigenvalue weighted by Crippen LogP contribution is -2.48. The van der Waals surface area contributed by atoms with Crippen molar-refractivity contribution in [3.8, 4) is 0 Å². The SMILES string of the molecule is C[C@@]12C=CC[C@@H]([C@@H](OCc3ccccc3)CC1)[C@H]2COCc1ccccc1. The Morgan fingerprint density at radius 1 is 0.926 bits per heavy atom. The zero-order chi connectivity index (χ0) is 18.5. The third-order valence-corrected chi connectivity index (χ3v) is 6.43. The van der Waals surface area contributed by atoms with E-state index in [2.05, 4.69) is 79.7 Å². The van der Waals surface area contributed by atoms with Gasteiger partial charge in [-0.2, -0.15) is 0 Å². The summed E-state index contributed by atoms with van der Waals surface area (Å²) in [7, 11) is 0. The third kappa shape index (κ3) is 4.34. The molecule has 2 aromatic carbocycles. The van der Waals surface area contributed by atoms with Crippen molar-refractivity contribution in [3.63, 3.8) is 0 Å². The van der Waals surface area contributed by atoms with Gasteiger partial charge in [0.2, 0.25) is 0 Å². The summed E-state index contributed by atoms with van der Waals surface area (Å²) in [6, 6.07) is 21.0. The van der Waals surface area contributed by atoms with E-state index in [1.165, 1.54) is 17.5 Å². The summed E-state index contributed by atoms with van der Waals surface area (Å²) in [5, 5.41) is 0. The van der Waals surface area contributed by atoms with Crippen LogP contribution in [0.1, 0.15) is 37.3 Å². The van der Waals surface area contributed by atoms with Gasteiger partial charge >= 0.3 is 0 Å². The van der Waals surface area contributed by atoms with Crippen LogP contribution in [0.25, 0.3) is 0 Å². The summed E-state index contributed by atoms with van der Waals surface area (Å²) in [6.07, 6.45) is 8.57. The van der Waals surface area contributed by atoms with Gasteiger partial charge in [0, 0.05) is 0 Å². The first kappa shape index (κ1) is 18.5. The molecule has 0 aliphatic heterocycles. The predicted octanol–water partition coefficient (Wildman–Crippen LogP) is 5.78. The fourth-order valence-electron chi connectivity index (χ4n) is 4.79. The predicted molar refractivity (Wildman–Crippen MR) is 109 cm³/mol. The summed E-state index contributed by atoms with van der Waals surface area (Å²) >= 11 is 0. The van der Waals surface area contributed by atoms with Crippen LogP contribution in [0.4, 0.5) is 0 Å². The maximum atomic E-state index is 6.41. The molecule has 0 saturated heterocycles. The van der Waals surface area contributed by atoms with Crippen LogP contribution in [0.2, 0.25) is 0 Å². The molecule has 1 fully saturated rings. The lowest BCUT2D eigenvalue weighted by Gasteiger charge is -2.50. The largest absolute Gasteiger partial charge is 0.376 e. The van der Waals surface area contributed by atoms with Crippen LogP contribution >= 0.6 is 0 Å². The van der Waals surface area contributed by atoms with Gasteiger partial charge in [-0.1, -0.05) is 79.7 Å². The minimum Gasteiger partial charge on any atom is -0.376 e. The Kier molecular flexibility index (Phi) is 5.75. The highest BCUT2D eigenvalue weighted by Crippen LogP contribution is 2.50. The fourth-order valence-corrected chi connectivity index (χ4v) is 4.79. The van der Waals surface area contributed by atoms with Crippen molar-refractivity contribution in [1.82, 2.24) is 0 Å². The Labute approximate surface area is 163 Å². The molecule has 4 rings (SSSR count). The maximum absolute atomic E-state index is 6.41. The maximum Gasteiger partial charge on any atom is 0.0720 e. The van der Waals surface area contributed by atoms with Gasteiger partial charge in [-0.25, -0.2) is 0 Å². The van der Waals surface area contributed by atoms with Crippen molar-refractivity contribution in [2.45, 2.75) is 45.5 Å². The highest BCUT2D eigenvalue weighted by Gasteiger charge is 2.47. The monoisotopic (exact) mass is 362 g/mol. The Balaban J connectivity index is 1.39. The van der Waals surface area contributed by atoms with E-state index >= 15 is 0 Å². The van der Waals surface area contributed by atoms with Gasteiger partial charge in [-0.3, -0.25) is 0 Å². The molecule has 1 saturated carbocycles. The van der Waals surface area contributed by atoms with Crippen molar-refractivity contribution in [2.75, 3.05) is 6.61 Å². The molecule has 0 spiro atoms. The van der Waals surface area contributed by atoms with Crippen LogP contribution in [0.15, 0.2) is 72.8 Å². The summed E-state index contributed by atoms with van der Waals surface area (Å²) in [6.45, 7) is 4.62. The normalized spacial score (nSPS) is 29.6. The molecule has 4 atom stereocenters. The number of hydrogen-bond donors (Lipinski definition) is 0. The van der Waals surface area contributed by atoms with E-state index < -0.39 is 0 Å². The molecule has 2 aliphatic carbocycles. The molecule has 142 valence electrons. The highest BCUT2D eigenvalue weighted by atomic mass is 16.5. The molecule has 0 N–H and O–H groups in total. The summed E-state index contributed by atoms with van der Waals surface area (Å²) in [5.41, 5.74) is 2.75. The second kappa shape index (κ2) is 8.41. The Morgan fingerprint density at radius 2 is 1.59 bits per heavy atom. The summed E-state index contributed by atoms with van der Waals surface area (Å²) in [4.78, 5) is 0. The van der Waals surface area contributed by atoms with E-state index in [0.29, 0.717) is 31.2 Å². The van der Waals surface area contributed by atoms with Gasteiger partial charge in [-0.15, -0.1) is 0 Å². The van der Waals surface area contributed by atoms with Crippen molar-refractivity contribution in [2.24, 2.45) is 17.3 Å². The quantitative estimate of drug-likeness (QED) is 0.581. The molecule has 2 heteroatoms. The molecule has 0 radical (unpaired) electrons. The molecule has 2 aliphatic rings. The van der Waals surface area contributed by atoms with E-state index in [9.17, 15) is 0 Å². The topological polar surface area (TPSA) is 18.5 Å².